The number of carbonyl (C=O) groups is 1. The zero-order valence-corrected chi connectivity index (χ0v) is 13.5. The Bertz CT molecular complexity index is 662. The third-order valence-electron chi connectivity index (χ3n) is 4.29. The molecule has 3 rings (SSSR count). The maximum absolute atomic E-state index is 12.8. The fraction of sp³-hybridized carbons (Fsp3) is 0.438. The number of aryl methyl sites for hydroxylation is 1. The summed E-state index contributed by atoms with van der Waals surface area (Å²) < 4.78 is 3.03. The van der Waals surface area contributed by atoms with Gasteiger partial charge in [0.05, 0.1) is 5.52 Å². The van der Waals surface area contributed by atoms with Crippen LogP contribution in [0.3, 0.4) is 0 Å². The van der Waals surface area contributed by atoms with Gasteiger partial charge in [-0.05, 0) is 54.2 Å². The molecule has 0 radical (unpaired) electrons. The van der Waals surface area contributed by atoms with E-state index in [0.717, 1.165) is 40.5 Å². The summed E-state index contributed by atoms with van der Waals surface area (Å²) >= 11 is 3.57. The topological polar surface area (TPSA) is 25.2 Å². The Morgan fingerprint density at radius 1 is 1.35 bits per heavy atom. The monoisotopic (exact) mass is 334 g/mol. The molecule has 2 heterocycles. The maximum atomic E-state index is 12.8. The first-order valence-electron chi connectivity index (χ1n) is 7.14. The highest BCUT2D eigenvalue weighted by molar-refractivity contribution is 9.10. The molecule has 0 saturated carbocycles. The molecule has 4 heteroatoms. The second-order valence-corrected chi connectivity index (χ2v) is 6.46. The van der Waals surface area contributed by atoms with Crippen molar-refractivity contribution in [3.05, 3.63) is 34.4 Å². The Labute approximate surface area is 127 Å². The standard InChI is InChI=1S/C16H19BrN2O/c1-11-6-3-4-9-19(11)16(20)14-10-12-7-5-8-13(17)15(12)18(14)2/h5,7-8,10-11H,3-4,6,9H2,1-2H3. The van der Waals surface area contributed by atoms with E-state index < -0.39 is 0 Å². The zero-order valence-electron chi connectivity index (χ0n) is 11.9. The van der Waals surface area contributed by atoms with Crippen LogP contribution in [0.4, 0.5) is 0 Å². The maximum Gasteiger partial charge on any atom is 0.270 e. The van der Waals surface area contributed by atoms with Gasteiger partial charge in [0.15, 0.2) is 0 Å². The number of benzene rings is 1. The summed E-state index contributed by atoms with van der Waals surface area (Å²) in [7, 11) is 1.97. The highest BCUT2D eigenvalue weighted by atomic mass is 79.9. The molecule has 1 aliphatic rings. The Morgan fingerprint density at radius 3 is 2.85 bits per heavy atom. The molecular formula is C16H19BrN2O. The van der Waals surface area contributed by atoms with Crippen LogP contribution in [0.1, 0.15) is 36.7 Å². The van der Waals surface area contributed by atoms with Crippen molar-refractivity contribution in [2.45, 2.75) is 32.2 Å². The average molecular weight is 335 g/mol. The van der Waals surface area contributed by atoms with Gasteiger partial charge in [0.2, 0.25) is 0 Å². The lowest BCUT2D eigenvalue weighted by Crippen LogP contribution is -2.42. The predicted molar refractivity (Wildman–Crippen MR) is 85.0 cm³/mol. The van der Waals surface area contributed by atoms with Gasteiger partial charge in [-0.25, -0.2) is 0 Å². The summed E-state index contributed by atoms with van der Waals surface area (Å²) in [6.07, 6.45) is 3.45. The molecule has 1 amide bonds. The van der Waals surface area contributed by atoms with Crippen LogP contribution in [0, 0.1) is 0 Å². The van der Waals surface area contributed by atoms with Gasteiger partial charge in [-0.15, -0.1) is 0 Å². The largest absolute Gasteiger partial charge is 0.339 e. The summed E-state index contributed by atoms with van der Waals surface area (Å²) in [5, 5.41) is 1.11. The van der Waals surface area contributed by atoms with Gasteiger partial charge in [0.25, 0.3) is 5.91 Å². The molecule has 1 aromatic carbocycles. The van der Waals surface area contributed by atoms with Gasteiger partial charge in [0.1, 0.15) is 5.69 Å². The summed E-state index contributed by atoms with van der Waals surface area (Å²) in [6, 6.07) is 8.42. The Hall–Kier alpha value is -1.29. The third kappa shape index (κ3) is 2.16. The van der Waals surface area contributed by atoms with Crippen molar-refractivity contribution in [2.75, 3.05) is 6.54 Å². The van der Waals surface area contributed by atoms with Crippen LogP contribution in [0.5, 0.6) is 0 Å². The van der Waals surface area contributed by atoms with Gasteiger partial charge in [0, 0.05) is 29.5 Å². The van der Waals surface area contributed by atoms with Crippen molar-refractivity contribution in [3.8, 4) is 0 Å². The first-order chi connectivity index (χ1) is 9.59. The number of hydrogen-bond acceptors (Lipinski definition) is 1. The number of aromatic nitrogens is 1. The lowest BCUT2D eigenvalue weighted by molar-refractivity contribution is 0.0626. The van der Waals surface area contributed by atoms with E-state index in [2.05, 4.69) is 28.9 Å². The van der Waals surface area contributed by atoms with E-state index in [1.54, 1.807) is 0 Å². The number of fused-ring (bicyclic) bond motifs is 1. The molecule has 0 spiro atoms. The van der Waals surface area contributed by atoms with E-state index in [4.69, 9.17) is 0 Å². The Kier molecular flexibility index (Phi) is 3.59. The molecule has 1 saturated heterocycles. The second kappa shape index (κ2) is 5.24. The van der Waals surface area contributed by atoms with Crippen LogP contribution in [-0.4, -0.2) is 28.0 Å². The van der Waals surface area contributed by atoms with E-state index in [9.17, 15) is 4.79 Å². The van der Waals surface area contributed by atoms with Crippen LogP contribution in [-0.2, 0) is 7.05 Å². The van der Waals surface area contributed by atoms with Gasteiger partial charge < -0.3 is 9.47 Å². The van der Waals surface area contributed by atoms with Crippen LogP contribution in [0.25, 0.3) is 10.9 Å². The molecule has 2 aromatic rings. The van der Waals surface area contributed by atoms with Crippen LogP contribution in [0.15, 0.2) is 28.7 Å². The van der Waals surface area contributed by atoms with E-state index >= 15 is 0 Å². The predicted octanol–water partition coefficient (Wildman–Crippen LogP) is 3.96. The number of likely N-dealkylation sites (tertiary alicyclic amines) is 1. The molecule has 1 fully saturated rings. The molecule has 1 aliphatic heterocycles. The number of nitrogens with zero attached hydrogens (tertiary/aromatic N) is 2. The van der Waals surface area contributed by atoms with Gasteiger partial charge >= 0.3 is 0 Å². The summed E-state index contributed by atoms with van der Waals surface area (Å²) in [5.41, 5.74) is 1.86. The van der Waals surface area contributed by atoms with E-state index in [1.165, 1.54) is 6.42 Å². The number of halogens is 1. The highest BCUT2D eigenvalue weighted by Crippen LogP contribution is 2.28. The number of amides is 1. The van der Waals surface area contributed by atoms with E-state index in [1.807, 2.05) is 34.7 Å². The number of hydrogen-bond donors (Lipinski definition) is 0. The van der Waals surface area contributed by atoms with Crippen LogP contribution in [0.2, 0.25) is 0 Å². The molecule has 1 atom stereocenters. The van der Waals surface area contributed by atoms with Crippen molar-refractivity contribution in [3.63, 3.8) is 0 Å². The molecule has 0 aliphatic carbocycles. The first-order valence-corrected chi connectivity index (χ1v) is 7.94. The van der Waals surface area contributed by atoms with Gasteiger partial charge in [-0.3, -0.25) is 4.79 Å². The SMILES string of the molecule is CC1CCCCN1C(=O)c1cc2cccc(Br)c2n1C. The van der Waals surface area contributed by atoms with Crippen LogP contribution < -0.4 is 0 Å². The summed E-state index contributed by atoms with van der Waals surface area (Å²) in [5.74, 6) is 0.155. The van der Waals surface area contributed by atoms with E-state index in [-0.39, 0.29) is 5.91 Å². The Balaban J connectivity index is 2.03. The van der Waals surface area contributed by atoms with Crippen molar-refractivity contribution >= 4 is 32.7 Å². The molecule has 1 aromatic heterocycles. The van der Waals surface area contributed by atoms with Crippen molar-refractivity contribution in [1.29, 1.82) is 0 Å². The molecule has 0 bridgehead atoms. The zero-order chi connectivity index (χ0) is 14.3. The van der Waals surface area contributed by atoms with Crippen molar-refractivity contribution in [2.24, 2.45) is 7.05 Å². The minimum absolute atomic E-state index is 0.155. The lowest BCUT2D eigenvalue weighted by atomic mass is 10.0. The lowest BCUT2D eigenvalue weighted by Gasteiger charge is -2.33. The van der Waals surface area contributed by atoms with E-state index in [0.29, 0.717) is 6.04 Å². The fourth-order valence-corrected chi connectivity index (χ4v) is 3.77. The van der Waals surface area contributed by atoms with Gasteiger partial charge in [-0.2, -0.15) is 0 Å². The smallest absolute Gasteiger partial charge is 0.270 e. The minimum atomic E-state index is 0.155. The normalized spacial score (nSPS) is 19.6. The quantitative estimate of drug-likeness (QED) is 0.774. The number of carbonyl (C=O) groups excluding carboxylic acids is 1. The number of para-hydroxylation sites is 1. The van der Waals surface area contributed by atoms with Crippen molar-refractivity contribution < 1.29 is 4.79 Å². The molecule has 3 nitrogen and oxygen atoms in total. The Morgan fingerprint density at radius 2 is 2.15 bits per heavy atom. The summed E-state index contributed by atoms with van der Waals surface area (Å²) in [4.78, 5) is 14.8. The molecular weight excluding hydrogens is 316 g/mol. The van der Waals surface area contributed by atoms with Crippen LogP contribution >= 0.6 is 15.9 Å². The molecule has 106 valence electrons. The average Bonchev–Trinajstić information content (AvgIpc) is 2.77. The highest BCUT2D eigenvalue weighted by Gasteiger charge is 2.26. The minimum Gasteiger partial charge on any atom is -0.339 e. The summed E-state index contributed by atoms with van der Waals surface area (Å²) in [6.45, 7) is 3.03. The number of rotatable bonds is 1. The molecule has 0 N–H and O–H groups in total. The second-order valence-electron chi connectivity index (χ2n) is 5.61. The number of piperidine rings is 1. The first kappa shape index (κ1) is 13.7. The third-order valence-corrected chi connectivity index (χ3v) is 4.93. The van der Waals surface area contributed by atoms with Crippen molar-refractivity contribution in [1.82, 2.24) is 9.47 Å². The molecule has 20 heavy (non-hydrogen) atoms. The fourth-order valence-electron chi connectivity index (χ4n) is 3.12. The molecule has 1 unspecified atom stereocenters. The van der Waals surface area contributed by atoms with Gasteiger partial charge in [-0.1, -0.05) is 12.1 Å².